The van der Waals surface area contributed by atoms with Crippen LogP contribution in [0.3, 0.4) is 0 Å². The predicted molar refractivity (Wildman–Crippen MR) is 107 cm³/mol. The van der Waals surface area contributed by atoms with E-state index in [0.29, 0.717) is 16.1 Å². The van der Waals surface area contributed by atoms with Crippen molar-refractivity contribution >= 4 is 35.3 Å². The van der Waals surface area contributed by atoms with E-state index in [0.717, 1.165) is 0 Å². The van der Waals surface area contributed by atoms with Gasteiger partial charge in [-0.3, -0.25) is 4.79 Å². The number of hydrogen-bond acceptors (Lipinski definition) is 6. The van der Waals surface area contributed by atoms with E-state index in [9.17, 15) is 14.9 Å². The fourth-order valence-electron chi connectivity index (χ4n) is 2.67. The zero-order chi connectivity index (χ0) is 20.9. The second-order valence-electron chi connectivity index (χ2n) is 6.10. The fraction of sp³-hybridized carbons (Fsp3) is 0.190. The van der Waals surface area contributed by atoms with Gasteiger partial charge in [-0.1, -0.05) is 41.9 Å². The molecule has 8 heteroatoms. The highest BCUT2D eigenvalue weighted by molar-refractivity contribution is 6.43. The Morgan fingerprint density at radius 1 is 1.24 bits per heavy atom. The number of halogens is 1. The monoisotopic (exact) mass is 409 g/mol. The minimum Gasteiger partial charge on any atom is -0.463 e. The first-order chi connectivity index (χ1) is 14.0. The quantitative estimate of drug-likeness (QED) is 0.682. The summed E-state index contributed by atoms with van der Waals surface area (Å²) in [6.07, 6.45) is -0.0837. The first kappa shape index (κ1) is 20.2. The molecular weight excluding hydrogens is 394 g/mol. The number of ether oxygens (including phenoxy) is 2. The molecule has 0 N–H and O–H groups in total. The topological polar surface area (TPSA) is 101 Å². The van der Waals surface area contributed by atoms with Crippen molar-refractivity contribution in [3.63, 3.8) is 0 Å². The maximum Gasteiger partial charge on any atom is 0.349 e. The number of amides is 1. The molecule has 0 bridgehead atoms. The van der Waals surface area contributed by atoms with E-state index < -0.39 is 23.3 Å². The van der Waals surface area contributed by atoms with Gasteiger partial charge in [0.05, 0.1) is 6.61 Å². The highest BCUT2D eigenvalue weighted by Gasteiger charge is 2.43. The zero-order valence-electron chi connectivity index (χ0n) is 15.5. The van der Waals surface area contributed by atoms with Crippen LogP contribution in [0, 0.1) is 11.3 Å². The van der Waals surface area contributed by atoms with Crippen molar-refractivity contribution in [2.75, 3.05) is 6.61 Å². The Labute approximate surface area is 172 Å². The number of aliphatic imine (C=N–C) groups is 2. The van der Waals surface area contributed by atoms with E-state index in [1.54, 1.807) is 55.5 Å². The molecule has 0 saturated carbocycles. The van der Waals surface area contributed by atoms with E-state index in [4.69, 9.17) is 21.1 Å². The fourth-order valence-corrected chi connectivity index (χ4v) is 2.79. The number of carbonyl (C=O) groups excluding carboxylic acids is 2. The van der Waals surface area contributed by atoms with Crippen molar-refractivity contribution < 1.29 is 19.1 Å². The molecule has 1 amide bonds. The van der Waals surface area contributed by atoms with Crippen molar-refractivity contribution in [2.24, 2.45) is 9.98 Å². The van der Waals surface area contributed by atoms with Gasteiger partial charge in [0.15, 0.2) is 0 Å². The minimum atomic E-state index is -1.98. The van der Waals surface area contributed by atoms with Gasteiger partial charge in [0, 0.05) is 17.0 Å². The second kappa shape index (κ2) is 8.67. The summed E-state index contributed by atoms with van der Waals surface area (Å²) in [7, 11) is 0. The number of esters is 1. The maximum absolute atomic E-state index is 12.6. The summed E-state index contributed by atoms with van der Waals surface area (Å²) in [6.45, 7) is 1.68. The summed E-state index contributed by atoms with van der Waals surface area (Å²) in [4.78, 5) is 32.8. The van der Waals surface area contributed by atoms with Crippen LogP contribution in [-0.4, -0.2) is 35.8 Å². The number of carbonyl (C=O) groups is 2. The lowest BCUT2D eigenvalue weighted by Gasteiger charge is -2.20. The maximum atomic E-state index is 12.6. The Hall–Kier alpha value is -3.50. The molecule has 3 rings (SSSR count). The third kappa shape index (κ3) is 4.50. The average Bonchev–Trinajstić information content (AvgIpc) is 3.09. The highest BCUT2D eigenvalue weighted by Crippen LogP contribution is 2.23. The van der Waals surface area contributed by atoms with Gasteiger partial charge in [-0.2, -0.15) is 10.3 Å². The molecule has 7 nitrogen and oxygen atoms in total. The molecule has 0 spiro atoms. The van der Waals surface area contributed by atoms with Crippen LogP contribution < -0.4 is 0 Å². The van der Waals surface area contributed by atoms with E-state index >= 15 is 0 Å². The minimum absolute atomic E-state index is 0.0147. The number of hydrogen-bond donors (Lipinski definition) is 0. The highest BCUT2D eigenvalue weighted by atomic mass is 35.5. The van der Waals surface area contributed by atoms with Gasteiger partial charge in [-0.05, 0) is 36.8 Å². The lowest BCUT2D eigenvalue weighted by Crippen LogP contribution is -2.41. The van der Waals surface area contributed by atoms with Crippen LogP contribution >= 0.6 is 11.6 Å². The molecule has 0 radical (unpaired) electrons. The van der Waals surface area contributed by atoms with Gasteiger partial charge in [0.25, 0.3) is 11.4 Å². The molecule has 0 fully saturated rings. The molecule has 1 aliphatic heterocycles. The molecule has 1 heterocycles. The van der Waals surface area contributed by atoms with Crippen molar-refractivity contribution in [1.82, 2.24) is 0 Å². The first-order valence-electron chi connectivity index (χ1n) is 8.76. The van der Waals surface area contributed by atoms with Crippen molar-refractivity contribution in [1.29, 1.82) is 5.26 Å². The van der Waals surface area contributed by atoms with Gasteiger partial charge >= 0.3 is 11.9 Å². The first-order valence-corrected chi connectivity index (χ1v) is 9.14. The molecule has 1 aliphatic rings. The summed E-state index contributed by atoms with van der Waals surface area (Å²) in [5.74, 6) is -2.08. The normalized spacial score (nSPS) is 16.5. The molecule has 0 aliphatic carbocycles. The Kier molecular flexibility index (Phi) is 6.05. The van der Waals surface area contributed by atoms with Gasteiger partial charge < -0.3 is 9.47 Å². The SMILES string of the molecule is CCOC(=O)C(C#N)(Cc1ccccc1)N=C1OC(c2ccc(Cl)cc2)=NC1=O. The summed E-state index contributed by atoms with van der Waals surface area (Å²) >= 11 is 5.86. The predicted octanol–water partition coefficient (Wildman–Crippen LogP) is 3.11. The molecule has 1 unspecified atom stereocenters. The van der Waals surface area contributed by atoms with E-state index in [1.165, 1.54) is 0 Å². The van der Waals surface area contributed by atoms with E-state index in [2.05, 4.69) is 9.98 Å². The van der Waals surface area contributed by atoms with Crippen molar-refractivity contribution in [2.45, 2.75) is 18.9 Å². The van der Waals surface area contributed by atoms with Gasteiger partial charge in [-0.15, -0.1) is 0 Å². The average molecular weight is 410 g/mol. The Morgan fingerprint density at radius 3 is 2.55 bits per heavy atom. The molecule has 0 saturated heterocycles. The van der Waals surface area contributed by atoms with E-state index in [1.807, 2.05) is 12.1 Å². The molecule has 29 heavy (non-hydrogen) atoms. The largest absolute Gasteiger partial charge is 0.463 e. The lowest BCUT2D eigenvalue weighted by molar-refractivity contribution is -0.147. The summed E-state index contributed by atoms with van der Waals surface area (Å²) in [5, 5.41) is 10.3. The van der Waals surface area contributed by atoms with Gasteiger partial charge in [0.2, 0.25) is 5.90 Å². The molecule has 2 aromatic carbocycles. The van der Waals surface area contributed by atoms with Crippen LogP contribution in [0.5, 0.6) is 0 Å². The number of nitriles is 1. The van der Waals surface area contributed by atoms with Gasteiger partial charge in [0.1, 0.15) is 6.07 Å². The van der Waals surface area contributed by atoms with Crippen molar-refractivity contribution in [3.8, 4) is 6.07 Å². The van der Waals surface area contributed by atoms with Crippen LogP contribution in [0.4, 0.5) is 0 Å². The second-order valence-corrected chi connectivity index (χ2v) is 6.54. The standard InChI is InChI=1S/C21H16ClN3O4/c1-2-28-20(27)21(13-23,12-14-6-4-3-5-7-14)25-19-17(26)24-18(29-19)15-8-10-16(22)11-9-15/h3-11H,2,12H2,1H3. The zero-order valence-corrected chi connectivity index (χ0v) is 16.2. The third-order valence-electron chi connectivity index (χ3n) is 4.06. The molecule has 146 valence electrons. The smallest absolute Gasteiger partial charge is 0.349 e. The van der Waals surface area contributed by atoms with Crippen LogP contribution in [0.1, 0.15) is 18.1 Å². The third-order valence-corrected chi connectivity index (χ3v) is 4.32. The number of rotatable bonds is 6. The molecular formula is C21H16ClN3O4. The summed E-state index contributed by atoms with van der Waals surface area (Å²) in [6, 6.07) is 17.2. The van der Waals surface area contributed by atoms with Crippen LogP contribution in [0.15, 0.2) is 64.6 Å². The lowest BCUT2D eigenvalue weighted by atomic mass is 9.93. The summed E-state index contributed by atoms with van der Waals surface area (Å²) in [5.41, 5.74) is -0.793. The Bertz CT molecular complexity index is 1030. The number of benzene rings is 2. The molecule has 1 atom stereocenters. The molecule has 0 aromatic heterocycles. The summed E-state index contributed by atoms with van der Waals surface area (Å²) < 4.78 is 10.5. The Morgan fingerprint density at radius 2 is 1.93 bits per heavy atom. The van der Waals surface area contributed by atoms with Crippen LogP contribution in [0.25, 0.3) is 0 Å². The van der Waals surface area contributed by atoms with Gasteiger partial charge in [-0.25, -0.2) is 9.79 Å². The number of nitrogens with zero attached hydrogens (tertiary/aromatic N) is 3. The van der Waals surface area contributed by atoms with Crippen LogP contribution in [0.2, 0.25) is 5.02 Å². The van der Waals surface area contributed by atoms with Crippen molar-refractivity contribution in [3.05, 3.63) is 70.7 Å². The van der Waals surface area contributed by atoms with E-state index in [-0.39, 0.29) is 18.9 Å². The molecule has 2 aromatic rings. The van der Waals surface area contributed by atoms with Crippen LogP contribution in [-0.2, 0) is 25.5 Å². The Balaban J connectivity index is 1.95.